The second-order valence-corrected chi connectivity index (χ2v) is 3.90. The third-order valence-electron chi connectivity index (χ3n) is 2.89. The highest BCUT2D eigenvalue weighted by molar-refractivity contribution is 5.02. The molecule has 0 aromatic carbocycles. The molecule has 1 aliphatic carbocycles. The fourth-order valence-corrected chi connectivity index (χ4v) is 2.21. The minimum absolute atomic E-state index is 0.725. The Balaban J connectivity index is 2.23. The van der Waals surface area contributed by atoms with Crippen molar-refractivity contribution in [2.45, 2.75) is 52.4 Å². The van der Waals surface area contributed by atoms with E-state index in [0.29, 0.717) is 0 Å². The van der Waals surface area contributed by atoms with Crippen molar-refractivity contribution in [3.63, 3.8) is 0 Å². The summed E-state index contributed by atoms with van der Waals surface area (Å²) in [7, 11) is 0. The van der Waals surface area contributed by atoms with Crippen molar-refractivity contribution in [3.8, 4) is 11.8 Å². The van der Waals surface area contributed by atoms with E-state index in [4.69, 9.17) is 0 Å². The highest BCUT2D eigenvalue weighted by atomic mass is 14.2. The quantitative estimate of drug-likeness (QED) is 0.547. The zero-order valence-electron chi connectivity index (χ0n) is 8.40. The van der Waals surface area contributed by atoms with Crippen LogP contribution in [0.25, 0.3) is 0 Å². The molecule has 0 aromatic rings. The van der Waals surface area contributed by atoms with E-state index in [0.717, 1.165) is 11.8 Å². The van der Waals surface area contributed by atoms with Crippen molar-refractivity contribution < 1.29 is 0 Å². The van der Waals surface area contributed by atoms with Crippen LogP contribution in [0.3, 0.4) is 0 Å². The standard InChI is InChI=1S/C12H20/c1-3-5-11-7-9-12(6-4-2)10-8-11/h11-12H,3,5,7-10H2,1-2H3. The van der Waals surface area contributed by atoms with Gasteiger partial charge >= 0.3 is 0 Å². The summed E-state index contributed by atoms with van der Waals surface area (Å²) >= 11 is 0. The molecule has 0 atom stereocenters. The maximum atomic E-state index is 3.30. The Morgan fingerprint density at radius 3 is 2.33 bits per heavy atom. The van der Waals surface area contributed by atoms with Crippen LogP contribution in [0.1, 0.15) is 52.4 Å². The molecular weight excluding hydrogens is 144 g/mol. The molecule has 1 fully saturated rings. The van der Waals surface area contributed by atoms with Crippen molar-refractivity contribution in [1.29, 1.82) is 0 Å². The fraction of sp³-hybridized carbons (Fsp3) is 0.833. The average molecular weight is 164 g/mol. The molecule has 1 saturated carbocycles. The molecule has 0 aliphatic heterocycles. The van der Waals surface area contributed by atoms with E-state index in [9.17, 15) is 0 Å². The highest BCUT2D eigenvalue weighted by Gasteiger charge is 2.18. The van der Waals surface area contributed by atoms with Gasteiger partial charge in [0.25, 0.3) is 0 Å². The monoisotopic (exact) mass is 164 g/mol. The number of rotatable bonds is 2. The number of hydrogen-bond donors (Lipinski definition) is 0. The van der Waals surface area contributed by atoms with Crippen LogP contribution in [0.15, 0.2) is 0 Å². The van der Waals surface area contributed by atoms with Crippen molar-refractivity contribution in [1.82, 2.24) is 0 Å². The Hall–Kier alpha value is -0.440. The lowest BCUT2D eigenvalue weighted by atomic mass is 9.80. The Morgan fingerprint density at radius 1 is 1.17 bits per heavy atom. The van der Waals surface area contributed by atoms with Gasteiger partial charge in [-0.25, -0.2) is 0 Å². The highest BCUT2D eigenvalue weighted by Crippen LogP contribution is 2.30. The van der Waals surface area contributed by atoms with Crippen molar-refractivity contribution >= 4 is 0 Å². The second-order valence-electron chi connectivity index (χ2n) is 3.90. The van der Waals surface area contributed by atoms with E-state index in [-0.39, 0.29) is 0 Å². The fourth-order valence-electron chi connectivity index (χ4n) is 2.21. The third kappa shape index (κ3) is 2.89. The molecule has 0 bridgehead atoms. The van der Waals surface area contributed by atoms with Crippen LogP contribution in [0, 0.1) is 23.7 Å². The zero-order valence-corrected chi connectivity index (χ0v) is 8.40. The largest absolute Gasteiger partial charge is 0.106 e. The molecule has 0 unspecified atom stereocenters. The van der Waals surface area contributed by atoms with Gasteiger partial charge in [0, 0.05) is 5.92 Å². The van der Waals surface area contributed by atoms with E-state index < -0.39 is 0 Å². The van der Waals surface area contributed by atoms with Gasteiger partial charge in [0.15, 0.2) is 0 Å². The van der Waals surface area contributed by atoms with Crippen LogP contribution < -0.4 is 0 Å². The molecule has 0 radical (unpaired) electrons. The molecule has 0 heteroatoms. The van der Waals surface area contributed by atoms with Gasteiger partial charge in [-0.1, -0.05) is 19.8 Å². The molecule has 0 aromatic heterocycles. The summed E-state index contributed by atoms with van der Waals surface area (Å²) in [6.45, 7) is 4.25. The first kappa shape index (κ1) is 9.65. The first-order valence-corrected chi connectivity index (χ1v) is 5.29. The zero-order chi connectivity index (χ0) is 8.81. The van der Waals surface area contributed by atoms with E-state index in [1.54, 1.807) is 0 Å². The van der Waals surface area contributed by atoms with Gasteiger partial charge in [0.2, 0.25) is 0 Å². The molecule has 0 heterocycles. The SMILES string of the molecule is CC#CC1CCC(CCC)CC1. The van der Waals surface area contributed by atoms with Gasteiger partial charge in [-0.15, -0.1) is 11.8 Å². The van der Waals surface area contributed by atoms with E-state index >= 15 is 0 Å². The molecule has 0 N–H and O–H groups in total. The van der Waals surface area contributed by atoms with Crippen LogP contribution >= 0.6 is 0 Å². The van der Waals surface area contributed by atoms with Crippen molar-refractivity contribution in [3.05, 3.63) is 0 Å². The summed E-state index contributed by atoms with van der Waals surface area (Å²) < 4.78 is 0. The molecule has 1 aliphatic rings. The predicted octanol–water partition coefficient (Wildman–Crippen LogP) is 3.62. The van der Waals surface area contributed by atoms with E-state index in [2.05, 4.69) is 18.8 Å². The maximum absolute atomic E-state index is 3.30. The topological polar surface area (TPSA) is 0 Å². The van der Waals surface area contributed by atoms with Gasteiger partial charge in [0.05, 0.1) is 0 Å². The molecular formula is C12H20. The predicted molar refractivity (Wildman–Crippen MR) is 53.8 cm³/mol. The first-order chi connectivity index (χ1) is 5.86. The van der Waals surface area contributed by atoms with Gasteiger partial charge in [0.1, 0.15) is 0 Å². The molecule has 0 nitrogen and oxygen atoms in total. The molecule has 0 saturated heterocycles. The second kappa shape index (κ2) is 5.25. The lowest BCUT2D eigenvalue weighted by molar-refractivity contribution is 0.300. The summed E-state index contributed by atoms with van der Waals surface area (Å²) in [6, 6.07) is 0. The van der Waals surface area contributed by atoms with Crippen LogP contribution in [0.5, 0.6) is 0 Å². The summed E-state index contributed by atoms with van der Waals surface area (Å²) in [5, 5.41) is 0. The molecule has 68 valence electrons. The Bertz CT molecular complexity index is 162. The first-order valence-electron chi connectivity index (χ1n) is 5.29. The van der Waals surface area contributed by atoms with Crippen LogP contribution in [-0.4, -0.2) is 0 Å². The smallest absolute Gasteiger partial charge is 0.0203 e. The molecule has 0 amide bonds. The Kier molecular flexibility index (Phi) is 4.22. The lowest BCUT2D eigenvalue weighted by Gasteiger charge is -2.25. The molecule has 0 spiro atoms. The molecule has 12 heavy (non-hydrogen) atoms. The van der Waals surface area contributed by atoms with Crippen LogP contribution in [-0.2, 0) is 0 Å². The van der Waals surface area contributed by atoms with Gasteiger partial charge in [-0.3, -0.25) is 0 Å². The third-order valence-corrected chi connectivity index (χ3v) is 2.89. The minimum atomic E-state index is 0.725. The van der Waals surface area contributed by atoms with Crippen LogP contribution in [0.2, 0.25) is 0 Å². The normalized spacial score (nSPS) is 29.2. The average Bonchev–Trinajstić information content (AvgIpc) is 2.09. The van der Waals surface area contributed by atoms with Gasteiger partial charge in [-0.05, 0) is 38.5 Å². The minimum Gasteiger partial charge on any atom is -0.106 e. The van der Waals surface area contributed by atoms with Crippen LogP contribution in [0.4, 0.5) is 0 Å². The van der Waals surface area contributed by atoms with Gasteiger partial charge in [-0.2, -0.15) is 0 Å². The lowest BCUT2D eigenvalue weighted by Crippen LogP contribution is -2.12. The maximum Gasteiger partial charge on any atom is 0.0203 e. The van der Waals surface area contributed by atoms with Crippen molar-refractivity contribution in [2.24, 2.45) is 11.8 Å². The summed E-state index contributed by atoms with van der Waals surface area (Å²) in [5.41, 5.74) is 0. The Morgan fingerprint density at radius 2 is 1.83 bits per heavy atom. The van der Waals surface area contributed by atoms with E-state index in [1.165, 1.54) is 38.5 Å². The summed E-state index contributed by atoms with van der Waals surface area (Å²) in [4.78, 5) is 0. The Labute approximate surface area is 76.7 Å². The number of hydrogen-bond acceptors (Lipinski definition) is 0. The summed E-state index contributed by atoms with van der Waals surface area (Å²) in [5.74, 6) is 8.07. The van der Waals surface area contributed by atoms with Crippen molar-refractivity contribution in [2.75, 3.05) is 0 Å². The summed E-state index contributed by atoms with van der Waals surface area (Å²) in [6.07, 6.45) is 8.35. The van der Waals surface area contributed by atoms with E-state index in [1.807, 2.05) is 6.92 Å². The van der Waals surface area contributed by atoms with Gasteiger partial charge < -0.3 is 0 Å². The molecule has 1 rings (SSSR count).